The molecule has 3 aliphatic carbocycles. The number of fused-ring (bicyclic) bond motifs is 5. The van der Waals surface area contributed by atoms with Crippen molar-refractivity contribution in [2.45, 2.75) is 6.42 Å². The molecule has 0 aromatic heterocycles. The third-order valence-electron chi connectivity index (χ3n) is 4.45. The van der Waals surface area contributed by atoms with Crippen LogP contribution in [0.25, 0.3) is 0 Å². The van der Waals surface area contributed by atoms with Gasteiger partial charge in [0.1, 0.15) is 0 Å². The van der Waals surface area contributed by atoms with Crippen molar-refractivity contribution >= 4 is 11.9 Å². The Morgan fingerprint density at radius 1 is 1.06 bits per heavy atom. The normalized spacial score (nSPS) is 40.4. The van der Waals surface area contributed by atoms with Crippen molar-refractivity contribution in [1.29, 1.82) is 0 Å². The molecule has 2 bridgehead atoms. The summed E-state index contributed by atoms with van der Waals surface area (Å²) in [5.41, 5.74) is -0.999. The number of ether oxygens (including phenoxy) is 2. The van der Waals surface area contributed by atoms with Crippen LogP contribution in [0.15, 0.2) is 12.2 Å². The molecule has 0 aromatic rings. The number of carbonyl (C=O) groups excluding carboxylic acids is 2. The Morgan fingerprint density at radius 2 is 1.50 bits per heavy atom. The third-order valence-corrected chi connectivity index (χ3v) is 4.45. The molecule has 0 heterocycles. The van der Waals surface area contributed by atoms with Crippen LogP contribution in [0.2, 0.25) is 0 Å². The van der Waals surface area contributed by atoms with E-state index in [9.17, 15) is 9.59 Å². The van der Waals surface area contributed by atoms with Crippen LogP contribution in [0.1, 0.15) is 6.42 Å². The summed E-state index contributed by atoms with van der Waals surface area (Å²) in [6, 6.07) is 0. The third kappa shape index (κ3) is 0.829. The first kappa shape index (κ1) is 9.87. The van der Waals surface area contributed by atoms with Gasteiger partial charge in [-0.25, -0.2) is 0 Å². The highest BCUT2D eigenvalue weighted by Gasteiger charge is 2.82. The van der Waals surface area contributed by atoms with Crippen LogP contribution in [0.4, 0.5) is 0 Å². The van der Waals surface area contributed by atoms with E-state index >= 15 is 0 Å². The number of esters is 2. The highest BCUT2D eigenvalue weighted by molar-refractivity contribution is 6.05. The molecule has 2 fully saturated rings. The van der Waals surface area contributed by atoms with E-state index in [0.29, 0.717) is 11.8 Å². The van der Waals surface area contributed by atoms with Gasteiger partial charge in [0.25, 0.3) is 0 Å². The van der Waals surface area contributed by atoms with Crippen molar-refractivity contribution < 1.29 is 19.1 Å². The van der Waals surface area contributed by atoms with E-state index in [1.54, 1.807) is 0 Å². The van der Waals surface area contributed by atoms with Gasteiger partial charge in [0.05, 0.1) is 14.2 Å². The first-order valence-corrected chi connectivity index (χ1v) is 5.53. The highest BCUT2D eigenvalue weighted by Crippen LogP contribution is 2.75. The number of hydrogen-bond acceptors (Lipinski definition) is 4. The van der Waals surface area contributed by atoms with E-state index in [1.165, 1.54) is 14.2 Å². The van der Waals surface area contributed by atoms with Gasteiger partial charge in [-0.1, -0.05) is 12.2 Å². The lowest BCUT2D eigenvalue weighted by Crippen LogP contribution is -2.34. The van der Waals surface area contributed by atoms with Gasteiger partial charge in [-0.15, -0.1) is 0 Å². The molecule has 0 spiro atoms. The molecular formula is C12H14O4. The monoisotopic (exact) mass is 222 g/mol. The Kier molecular flexibility index (Phi) is 1.77. The lowest BCUT2D eigenvalue weighted by atomic mass is 9.89. The quantitative estimate of drug-likeness (QED) is 0.393. The van der Waals surface area contributed by atoms with Gasteiger partial charge in [-0.05, 0) is 30.1 Å². The lowest BCUT2D eigenvalue weighted by molar-refractivity contribution is -0.164. The summed E-state index contributed by atoms with van der Waals surface area (Å²) in [6.07, 6.45) is 5.32. The Bertz CT molecular complexity index is 362. The fourth-order valence-corrected chi connectivity index (χ4v) is 3.91. The maximum absolute atomic E-state index is 11.9. The van der Waals surface area contributed by atoms with E-state index in [0.717, 1.165) is 6.42 Å². The van der Waals surface area contributed by atoms with E-state index in [2.05, 4.69) is 12.2 Å². The zero-order valence-electron chi connectivity index (χ0n) is 9.30. The van der Waals surface area contributed by atoms with Gasteiger partial charge in [0.2, 0.25) is 0 Å². The first-order valence-electron chi connectivity index (χ1n) is 5.53. The number of carbonyl (C=O) groups is 2. The maximum atomic E-state index is 11.9. The van der Waals surface area contributed by atoms with Crippen LogP contribution in [0, 0.1) is 29.1 Å². The lowest BCUT2D eigenvalue weighted by Gasteiger charge is -2.18. The van der Waals surface area contributed by atoms with Gasteiger partial charge < -0.3 is 9.47 Å². The highest BCUT2D eigenvalue weighted by atomic mass is 16.5. The van der Waals surface area contributed by atoms with Crippen LogP contribution in [0.5, 0.6) is 0 Å². The second-order valence-corrected chi connectivity index (χ2v) is 4.85. The van der Waals surface area contributed by atoms with Gasteiger partial charge in [0.15, 0.2) is 5.41 Å². The molecule has 3 aliphatic rings. The fourth-order valence-electron chi connectivity index (χ4n) is 3.91. The summed E-state index contributed by atoms with van der Waals surface area (Å²) in [5.74, 6) is 0.0895. The van der Waals surface area contributed by atoms with Crippen LogP contribution in [-0.2, 0) is 19.1 Å². The standard InChI is InChI=1S/C12H14O4/c1-15-10(13)12(11(14)16-2)8-6-3-4-7(5-6)9(8)12/h3-4,6-9H,5H2,1-2H3. The molecule has 0 radical (unpaired) electrons. The van der Waals surface area contributed by atoms with E-state index in [-0.39, 0.29) is 11.8 Å². The van der Waals surface area contributed by atoms with Crippen molar-refractivity contribution in [1.82, 2.24) is 0 Å². The van der Waals surface area contributed by atoms with Crippen LogP contribution in [0.3, 0.4) is 0 Å². The number of methoxy groups -OCH3 is 2. The fraction of sp³-hybridized carbons (Fsp3) is 0.667. The predicted octanol–water partition coefficient (Wildman–Crippen LogP) is 0.771. The first-order chi connectivity index (χ1) is 7.67. The van der Waals surface area contributed by atoms with Crippen molar-refractivity contribution in [3.63, 3.8) is 0 Å². The summed E-state index contributed by atoms with van der Waals surface area (Å²) < 4.78 is 9.59. The van der Waals surface area contributed by atoms with Crippen LogP contribution >= 0.6 is 0 Å². The van der Waals surface area contributed by atoms with Gasteiger partial charge >= 0.3 is 11.9 Å². The molecule has 2 saturated carbocycles. The van der Waals surface area contributed by atoms with E-state index in [4.69, 9.17) is 9.47 Å². The average Bonchev–Trinajstić information content (AvgIpc) is 2.66. The molecule has 86 valence electrons. The second-order valence-electron chi connectivity index (χ2n) is 4.85. The zero-order valence-corrected chi connectivity index (χ0v) is 9.30. The van der Waals surface area contributed by atoms with Crippen molar-refractivity contribution in [2.75, 3.05) is 14.2 Å². The molecule has 0 amide bonds. The topological polar surface area (TPSA) is 52.6 Å². The zero-order chi connectivity index (χ0) is 11.5. The summed E-state index contributed by atoms with van der Waals surface area (Å²) in [4.78, 5) is 23.8. The number of hydrogen-bond donors (Lipinski definition) is 0. The van der Waals surface area contributed by atoms with Gasteiger partial charge in [-0.2, -0.15) is 0 Å². The predicted molar refractivity (Wildman–Crippen MR) is 54.2 cm³/mol. The summed E-state index contributed by atoms with van der Waals surface area (Å²) in [5, 5.41) is 0. The molecule has 4 heteroatoms. The molecule has 4 nitrogen and oxygen atoms in total. The molecule has 0 N–H and O–H groups in total. The average molecular weight is 222 g/mol. The molecule has 4 unspecified atom stereocenters. The molecule has 0 aromatic carbocycles. The minimum Gasteiger partial charge on any atom is -0.468 e. The molecule has 3 rings (SSSR count). The van der Waals surface area contributed by atoms with Crippen molar-refractivity contribution in [3.8, 4) is 0 Å². The Morgan fingerprint density at radius 3 is 1.88 bits per heavy atom. The SMILES string of the molecule is COC(=O)C1(C(=O)OC)C2C3C=CC(C3)C21. The molecule has 0 aliphatic heterocycles. The number of rotatable bonds is 2. The van der Waals surface area contributed by atoms with E-state index < -0.39 is 17.4 Å². The Balaban J connectivity index is 1.97. The van der Waals surface area contributed by atoms with Crippen LogP contribution < -0.4 is 0 Å². The largest absolute Gasteiger partial charge is 0.468 e. The summed E-state index contributed by atoms with van der Waals surface area (Å²) >= 11 is 0. The molecule has 4 atom stereocenters. The maximum Gasteiger partial charge on any atom is 0.323 e. The Labute approximate surface area is 93.6 Å². The van der Waals surface area contributed by atoms with Gasteiger partial charge in [0, 0.05) is 0 Å². The smallest absolute Gasteiger partial charge is 0.323 e. The molecular weight excluding hydrogens is 208 g/mol. The number of allylic oxidation sites excluding steroid dienone is 2. The minimum absolute atomic E-state index is 0.113. The van der Waals surface area contributed by atoms with E-state index in [1.807, 2.05) is 0 Å². The second kappa shape index (κ2) is 2.87. The van der Waals surface area contributed by atoms with Crippen LogP contribution in [-0.4, -0.2) is 26.2 Å². The van der Waals surface area contributed by atoms with Crippen molar-refractivity contribution in [3.05, 3.63) is 12.2 Å². The molecule has 0 saturated heterocycles. The summed E-state index contributed by atoms with van der Waals surface area (Å²) in [6.45, 7) is 0. The van der Waals surface area contributed by atoms with Gasteiger partial charge in [-0.3, -0.25) is 9.59 Å². The molecule has 16 heavy (non-hydrogen) atoms. The van der Waals surface area contributed by atoms with Crippen molar-refractivity contribution in [2.24, 2.45) is 29.1 Å². The summed E-state index contributed by atoms with van der Waals surface area (Å²) in [7, 11) is 2.66. The Hall–Kier alpha value is -1.32. The minimum atomic E-state index is -0.999.